The maximum atomic E-state index is 13.0. The van der Waals surface area contributed by atoms with Crippen LogP contribution in [0.25, 0.3) is 11.0 Å². The van der Waals surface area contributed by atoms with Gasteiger partial charge in [-0.15, -0.1) is 0 Å². The van der Waals surface area contributed by atoms with Gasteiger partial charge in [0, 0.05) is 25.7 Å². The van der Waals surface area contributed by atoms with Crippen LogP contribution >= 0.6 is 23.2 Å². The standard InChI is InChI=1S/C22H26Cl2N4O3S/c1-3-28-21-7-5-17(32(29,30)27-8-10-31-11-9-27)13-20(21)26-22(28)14-25-15(2)16-4-6-18(23)19(24)12-16/h4-7,12-13,15,25H,3,8-11,14H2,1-2H3. The van der Waals surface area contributed by atoms with E-state index < -0.39 is 10.0 Å². The summed E-state index contributed by atoms with van der Waals surface area (Å²) < 4.78 is 34.9. The Morgan fingerprint density at radius 2 is 1.88 bits per heavy atom. The average molecular weight is 497 g/mol. The number of halogens is 2. The van der Waals surface area contributed by atoms with Crippen molar-refractivity contribution in [2.24, 2.45) is 0 Å². The molecular weight excluding hydrogens is 471 g/mol. The monoisotopic (exact) mass is 496 g/mol. The molecule has 1 aliphatic heterocycles. The highest BCUT2D eigenvalue weighted by Gasteiger charge is 2.27. The number of aromatic nitrogens is 2. The van der Waals surface area contributed by atoms with Crippen LogP contribution in [0.3, 0.4) is 0 Å². The number of aryl methyl sites for hydroxylation is 1. The number of benzene rings is 2. The summed E-state index contributed by atoms with van der Waals surface area (Å²) in [6.07, 6.45) is 0. The molecule has 0 aliphatic carbocycles. The van der Waals surface area contributed by atoms with Crippen molar-refractivity contribution < 1.29 is 13.2 Å². The Morgan fingerprint density at radius 3 is 2.56 bits per heavy atom. The molecule has 0 saturated carbocycles. The minimum atomic E-state index is -3.57. The van der Waals surface area contributed by atoms with Crippen LogP contribution in [0.4, 0.5) is 0 Å². The first-order chi connectivity index (χ1) is 15.3. The van der Waals surface area contributed by atoms with Gasteiger partial charge < -0.3 is 14.6 Å². The Bertz CT molecular complexity index is 1220. The topological polar surface area (TPSA) is 76.5 Å². The molecule has 3 aromatic rings. The SMILES string of the molecule is CCn1c(CNC(C)c2ccc(Cl)c(Cl)c2)nc2cc(S(=O)(=O)N3CCOCC3)ccc21. The Labute approximate surface area is 198 Å². The second-order valence-corrected chi connectivity index (χ2v) is 10.5. The number of fused-ring (bicyclic) bond motifs is 1. The average Bonchev–Trinajstić information content (AvgIpc) is 3.16. The molecule has 32 heavy (non-hydrogen) atoms. The molecule has 1 unspecified atom stereocenters. The maximum Gasteiger partial charge on any atom is 0.243 e. The third kappa shape index (κ3) is 4.66. The highest BCUT2D eigenvalue weighted by atomic mass is 35.5. The van der Waals surface area contributed by atoms with Gasteiger partial charge >= 0.3 is 0 Å². The van der Waals surface area contributed by atoms with E-state index in [9.17, 15) is 8.42 Å². The van der Waals surface area contributed by atoms with Gasteiger partial charge in [0.05, 0.1) is 45.7 Å². The predicted octanol–water partition coefficient (Wildman–Crippen LogP) is 4.23. The van der Waals surface area contributed by atoms with Crippen molar-refractivity contribution in [3.05, 3.63) is 57.8 Å². The van der Waals surface area contributed by atoms with Crippen LogP contribution in [0, 0.1) is 0 Å². The van der Waals surface area contributed by atoms with Gasteiger partial charge in [-0.3, -0.25) is 0 Å². The fraction of sp³-hybridized carbons (Fsp3) is 0.409. The van der Waals surface area contributed by atoms with E-state index in [0.29, 0.717) is 48.4 Å². The van der Waals surface area contributed by atoms with Crippen molar-refractivity contribution in [2.75, 3.05) is 26.3 Å². The van der Waals surface area contributed by atoms with Gasteiger partial charge in [0.15, 0.2) is 0 Å². The molecule has 7 nitrogen and oxygen atoms in total. The summed E-state index contributed by atoms with van der Waals surface area (Å²) in [5.74, 6) is 0.843. The normalized spacial score (nSPS) is 16.5. The number of imidazole rings is 1. The summed E-state index contributed by atoms with van der Waals surface area (Å²) >= 11 is 12.2. The molecule has 1 fully saturated rings. The number of nitrogens with zero attached hydrogens (tertiary/aromatic N) is 3. The lowest BCUT2D eigenvalue weighted by Crippen LogP contribution is -2.40. The lowest BCUT2D eigenvalue weighted by atomic mass is 10.1. The highest BCUT2D eigenvalue weighted by molar-refractivity contribution is 7.89. The molecule has 2 aromatic carbocycles. The molecule has 2 heterocycles. The van der Waals surface area contributed by atoms with Crippen molar-refractivity contribution in [3.63, 3.8) is 0 Å². The van der Waals surface area contributed by atoms with Gasteiger partial charge in [-0.25, -0.2) is 13.4 Å². The number of hydrogen-bond donors (Lipinski definition) is 1. The number of hydrogen-bond acceptors (Lipinski definition) is 5. The first-order valence-corrected chi connectivity index (χ1v) is 12.8. The van der Waals surface area contributed by atoms with E-state index in [1.807, 2.05) is 32.0 Å². The van der Waals surface area contributed by atoms with Crippen molar-refractivity contribution >= 4 is 44.3 Å². The second kappa shape index (κ2) is 9.67. The van der Waals surface area contributed by atoms with E-state index in [1.165, 1.54) is 4.31 Å². The van der Waals surface area contributed by atoms with E-state index in [2.05, 4.69) is 9.88 Å². The van der Waals surface area contributed by atoms with Gasteiger partial charge in [0.1, 0.15) is 5.82 Å². The molecule has 4 rings (SSSR count). The second-order valence-electron chi connectivity index (χ2n) is 7.72. The summed E-state index contributed by atoms with van der Waals surface area (Å²) in [5, 5.41) is 4.52. The van der Waals surface area contributed by atoms with E-state index in [4.69, 9.17) is 32.9 Å². The van der Waals surface area contributed by atoms with Gasteiger partial charge in [0.25, 0.3) is 0 Å². The largest absolute Gasteiger partial charge is 0.379 e. The number of nitrogens with one attached hydrogen (secondary N) is 1. The molecule has 1 atom stereocenters. The number of ether oxygens (including phenoxy) is 1. The third-order valence-electron chi connectivity index (χ3n) is 5.73. The molecule has 1 aromatic heterocycles. The van der Waals surface area contributed by atoms with Crippen molar-refractivity contribution in [2.45, 2.75) is 37.9 Å². The van der Waals surface area contributed by atoms with Gasteiger partial charge in [-0.1, -0.05) is 29.3 Å². The van der Waals surface area contributed by atoms with Crippen LogP contribution < -0.4 is 5.32 Å². The summed E-state index contributed by atoms with van der Waals surface area (Å²) in [6, 6.07) is 10.8. The van der Waals surface area contributed by atoms with E-state index in [-0.39, 0.29) is 10.9 Å². The number of sulfonamides is 1. The zero-order valence-corrected chi connectivity index (χ0v) is 20.3. The fourth-order valence-corrected chi connectivity index (χ4v) is 5.62. The summed E-state index contributed by atoms with van der Waals surface area (Å²) in [4.78, 5) is 5.01. The quantitative estimate of drug-likeness (QED) is 0.529. The highest BCUT2D eigenvalue weighted by Crippen LogP contribution is 2.27. The molecular formula is C22H26Cl2N4O3S. The van der Waals surface area contributed by atoms with E-state index in [1.54, 1.807) is 18.2 Å². The summed E-state index contributed by atoms with van der Waals surface area (Å²) in [6.45, 7) is 6.91. The van der Waals surface area contributed by atoms with E-state index >= 15 is 0 Å². The van der Waals surface area contributed by atoms with E-state index in [0.717, 1.165) is 23.4 Å². The number of morpholine rings is 1. The van der Waals surface area contributed by atoms with Crippen LogP contribution in [-0.2, 0) is 27.8 Å². The first-order valence-electron chi connectivity index (χ1n) is 10.6. The molecule has 1 saturated heterocycles. The molecule has 0 bridgehead atoms. The zero-order valence-electron chi connectivity index (χ0n) is 18.0. The lowest BCUT2D eigenvalue weighted by Gasteiger charge is -2.26. The Balaban J connectivity index is 1.57. The van der Waals surface area contributed by atoms with Crippen molar-refractivity contribution in [3.8, 4) is 0 Å². The first kappa shape index (κ1) is 23.5. The van der Waals surface area contributed by atoms with Crippen molar-refractivity contribution in [1.29, 1.82) is 0 Å². The maximum absolute atomic E-state index is 13.0. The van der Waals surface area contributed by atoms with Crippen LogP contribution in [-0.4, -0.2) is 48.6 Å². The van der Waals surface area contributed by atoms with Gasteiger partial charge in [-0.05, 0) is 49.7 Å². The van der Waals surface area contributed by atoms with Crippen LogP contribution in [0.2, 0.25) is 10.0 Å². The molecule has 172 valence electrons. The van der Waals surface area contributed by atoms with Crippen molar-refractivity contribution in [1.82, 2.24) is 19.2 Å². The molecule has 0 radical (unpaired) electrons. The minimum Gasteiger partial charge on any atom is -0.379 e. The lowest BCUT2D eigenvalue weighted by molar-refractivity contribution is 0.0730. The van der Waals surface area contributed by atoms with Crippen LogP contribution in [0.5, 0.6) is 0 Å². The van der Waals surface area contributed by atoms with Gasteiger partial charge in [-0.2, -0.15) is 4.31 Å². The van der Waals surface area contributed by atoms with Gasteiger partial charge in [0.2, 0.25) is 10.0 Å². The van der Waals surface area contributed by atoms with Crippen LogP contribution in [0.1, 0.15) is 31.3 Å². The molecule has 0 amide bonds. The molecule has 1 aliphatic rings. The Morgan fingerprint density at radius 1 is 1.12 bits per heavy atom. The Hall–Kier alpha value is -1.68. The molecule has 1 N–H and O–H groups in total. The minimum absolute atomic E-state index is 0.0344. The Kier molecular flexibility index (Phi) is 7.09. The van der Waals surface area contributed by atoms with Crippen LogP contribution in [0.15, 0.2) is 41.3 Å². The number of rotatable bonds is 7. The summed E-state index contributed by atoms with van der Waals surface area (Å²) in [7, 11) is -3.57. The third-order valence-corrected chi connectivity index (χ3v) is 8.37. The molecule has 0 spiro atoms. The fourth-order valence-electron chi connectivity index (χ4n) is 3.89. The predicted molar refractivity (Wildman–Crippen MR) is 127 cm³/mol. The summed E-state index contributed by atoms with van der Waals surface area (Å²) in [5.41, 5.74) is 2.60. The molecule has 10 heteroatoms. The smallest absolute Gasteiger partial charge is 0.243 e. The zero-order chi connectivity index (χ0) is 22.9.